The summed E-state index contributed by atoms with van der Waals surface area (Å²) in [6, 6.07) is 6.47. The number of barbiturate groups is 1. The summed E-state index contributed by atoms with van der Waals surface area (Å²) in [6.07, 6.45) is 0. The number of hydrogen-bond donors (Lipinski definition) is 0. The van der Waals surface area contributed by atoms with Gasteiger partial charge in [-0.2, -0.15) is 5.26 Å². The molecular weight excluding hydrogens is 298 g/mol. The zero-order valence-corrected chi connectivity index (χ0v) is 12.9. The molecule has 0 aliphatic carbocycles. The van der Waals surface area contributed by atoms with Gasteiger partial charge in [-0.1, -0.05) is 6.07 Å². The van der Waals surface area contributed by atoms with Gasteiger partial charge in [0.15, 0.2) is 11.7 Å². The number of anilines is 1. The van der Waals surface area contributed by atoms with Crippen molar-refractivity contribution in [1.82, 2.24) is 4.90 Å². The molecule has 7 nitrogen and oxygen atoms in total. The second-order valence-electron chi connectivity index (χ2n) is 5.46. The number of hydrogen-bond acceptors (Lipinski definition) is 5. The zero-order valence-electron chi connectivity index (χ0n) is 12.9. The van der Waals surface area contributed by atoms with E-state index in [2.05, 4.69) is 0 Å². The predicted octanol–water partition coefficient (Wildman–Crippen LogP) is 1.47. The van der Waals surface area contributed by atoms with Crippen molar-refractivity contribution in [1.29, 1.82) is 5.26 Å². The van der Waals surface area contributed by atoms with Gasteiger partial charge in [-0.05, 0) is 39.0 Å². The number of carbonyl (C=O) groups is 4. The van der Waals surface area contributed by atoms with Crippen LogP contribution >= 0.6 is 0 Å². The number of rotatable bonds is 3. The van der Waals surface area contributed by atoms with Crippen LogP contribution in [0.5, 0.6) is 0 Å². The summed E-state index contributed by atoms with van der Waals surface area (Å²) in [7, 11) is 0. The molecule has 1 fully saturated rings. The van der Waals surface area contributed by atoms with Crippen LogP contribution in [0.3, 0.4) is 0 Å². The van der Waals surface area contributed by atoms with Crippen LogP contribution in [-0.2, 0) is 14.4 Å². The van der Waals surface area contributed by atoms with Gasteiger partial charge in [0, 0.05) is 6.04 Å². The number of amides is 4. The third-order valence-electron chi connectivity index (χ3n) is 3.51. The topological polar surface area (TPSA) is 98.6 Å². The van der Waals surface area contributed by atoms with Crippen molar-refractivity contribution in [2.45, 2.75) is 26.8 Å². The molecule has 1 aliphatic rings. The van der Waals surface area contributed by atoms with Gasteiger partial charge in [0.1, 0.15) is 0 Å². The third-order valence-corrected chi connectivity index (χ3v) is 3.51. The Morgan fingerprint density at radius 3 is 2.39 bits per heavy atom. The highest BCUT2D eigenvalue weighted by atomic mass is 16.2. The van der Waals surface area contributed by atoms with Crippen molar-refractivity contribution < 1.29 is 19.2 Å². The summed E-state index contributed by atoms with van der Waals surface area (Å²) in [5, 5.41) is 8.96. The number of ketones is 1. The molecule has 1 aromatic rings. The van der Waals surface area contributed by atoms with Gasteiger partial charge in [-0.15, -0.1) is 0 Å². The van der Waals surface area contributed by atoms with Crippen LogP contribution in [0.2, 0.25) is 0 Å². The van der Waals surface area contributed by atoms with Gasteiger partial charge < -0.3 is 0 Å². The first-order chi connectivity index (χ1) is 10.8. The maximum atomic E-state index is 12.6. The molecule has 1 aliphatic heterocycles. The first-order valence-corrected chi connectivity index (χ1v) is 7.01. The fraction of sp³-hybridized carbons (Fsp3) is 0.312. The Labute approximate surface area is 133 Å². The first kappa shape index (κ1) is 16.4. The standard InChI is InChI=1S/C16H15N3O4/c1-9(2)18-14(21)13(10(3)20)15(22)19(16(18)23)12-6-4-5-11(7-12)8-17/h4-7,9,13H,1-3H3. The van der Waals surface area contributed by atoms with Crippen LogP contribution in [0, 0.1) is 17.2 Å². The summed E-state index contributed by atoms with van der Waals surface area (Å²) in [4.78, 5) is 50.8. The molecule has 0 saturated carbocycles. The van der Waals surface area contributed by atoms with E-state index in [1.54, 1.807) is 13.8 Å². The summed E-state index contributed by atoms with van der Waals surface area (Å²) >= 11 is 0. The lowest BCUT2D eigenvalue weighted by molar-refractivity contribution is -0.146. The average molecular weight is 313 g/mol. The highest BCUT2D eigenvalue weighted by Gasteiger charge is 2.49. The molecule has 1 saturated heterocycles. The lowest BCUT2D eigenvalue weighted by atomic mass is 9.97. The van der Waals surface area contributed by atoms with E-state index in [1.807, 2.05) is 6.07 Å². The molecule has 7 heteroatoms. The second kappa shape index (κ2) is 6.01. The van der Waals surface area contributed by atoms with Gasteiger partial charge in [-0.25, -0.2) is 9.69 Å². The normalized spacial score (nSPS) is 18.4. The molecule has 118 valence electrons. The molecule has 0 N–H and O–H groups in total. The van der Waals surface area contributed by atoms with Crippen molar-refractivity contribution in [2.24, 2.45) is 5.92 Å². The van der Waals surface area contributed by atoms with E-state index < -0.39 is 35.6 Å². The van der Waals surface area contributed by atoms with Crippen LogP contribution in [0.1, 0.15) is 26.3 Å². The molecule has 2 rings (SSSR count). The maximum absolute atomic E-state index is 12.6. The summed E-state index contributed by atoms with van der Waals surface area (Å²) in [6.45, 7) is 4.37. The van der Waals surface area contributed by atoms with Gasteiger partial charge in [-0.3, -0.25) is 19.3 Å². The number of Topliss-reactive ketones (excluding diaryl/α,β-unsaturated/α-hetero) is 1. The fourth-order valence-electron chi connectivity index (χ4n) is 2.45. The highest BCUT2D eigenvalue weighted by molar-refractivity contribution is 6.34. The van der Waals surface area contributed by atoms with E-state index in [4.69, 9.17) is 5.26 Å². The van der Waals surface area contributed by atoms with Crippen molar-refractivity contribution in [3.63, 3.8) is 0 Å². The minimum Gasteiger partial charge on any atom is -0.299 e. The van der Waals surface area contributed by atoms with E-state index in [-0.39, 0.29) is 11.3 Å². The lowest BCUT2D eigenvalue weighted by Gasteiger charge is -2.38. The number of nitrogens with zero attached hydrogens (tertiary/aromatic N) is 3. The number of urea groups is 1. The average Bonchev–Trinajstić information content (AvgIpc) is 2.46. The van der Waals surface area contributed by atoms with Crippen molar-refractivity contribution in [3.8, 4) is 6.07 Å². The molecule has 0 spiro atoms. The van der Waals surface area contributed by atoms with Crippen LogP contribution in [0.25, 0.3) is 0 Å². The Morgan fingerprint density at radius 1 is 1.22 bits per heavy atom. The smallest absolute Gasteiger partial charge is 0.299 e. The van der Waals surface area contributed by atoms with Crippen molar-refractivity contribution in [2.75, 3.05) is 4.90 Å². The molecule has 0 radical (unpaired) electrons. The molecule has 4 amide bonds. The molecule has 0 bridgehead atoms. The molecule has 1 unspecified atom stereocenters. The Morgan fingerprint density at radius 2 is 1.87 bits per heavy atom. The zero-order chi connectivity index (χ0) is 17.3. The highest BCUT2D eigenvalue weighted by Crippen LogP contribution is 2.27. The number of carbonyl (C=O) groups excluding carboxylic acids is 4. The van der Waals surface area contributed by atoms with E-state index in [9.17, 15) is 19.2 Å². The molecule has 1 atom stereocenters. The van der Waals surface area contributed by atoms with Crippen LogP contribution in [-0.4, -0.2) is 34.6 Å². The largest absolute Gasteiger partial charge is 0.338 e. The predicted molar refractivity (Wildman–Crippen MR) is 80.2 cm³/mol. The molecule has 1 heterocycles. The van der Waals surface area contributed by atoms with E-state index in [0.29, 0.717) is 0 Å². The monoisotopic (exact) mass is 313 g/mol. The van der Waals surface area contributed by atoms with E-state index in [1.165, 1.54) is 24.3 Å². The summed E-state index contributed by atoms with van der Waals surface area (Å²) < 4.78 is 0. The lowest BCUT2D eigenvalue weighted by Crippen LogP contribution is -2.63. The molecule has 23 heavy (non-hydrogen) atoms. The van der Waals surface area contributed by atoms with Gasteiger partial charge >= 0.3 is 6.03 Å². The van der Waals surface area contributed by atoms with Crippen LogP contribution in [0.4, 0.5) is 10.5 Å². The number of nitriles is 1. The number of imide groups is 2. The summed E-state index contributed by atoms with van der Waals surface area (Å²) in [5.74, 6) is -3.87. The Bertz CT molecular complexity index is 748. The minimum absolute atomic E-state index is 0.156. The number of benzene rings is 1. The van der Waals surface area contributed by atoms with Gasteiger partial charge in [0.2, 0.25) is 0 Å². The Hall–Kier alpha value is -3.01. The fourth-order valence-corrected chi connectivity index (χ4v) is 2.45. The summed E-state index contributed by atoms with van der Waals surface area (Å²) in [5.41, 5.74) is 0.416. The molecule has 0 aromatic heterocycles. The SMILES string of the molecule is CC(=O)C1C(=O)N(c2cccc(C#N)c2)C(=O)N(C(C)C)C1=O. The van der Waals surface area contributed by atoms with Crippen LogP contribution < -0.4 is 4.90 Å². The minimum atomic E-state index is -1.54. The Kier molecular flexibility index (Phi) is 4.27. The van der Waals surface area contributed by atoms with E-state index >= 15 is 0 Å². The quantitative estimate of drug-likeness (QED) is 0.787. The third kappa shape index (κ3) is 2.71. The molecular formula is C16H15N3O4. The Balaban J connectivity index is 2.58. The maximum Gasteiger partial charge on any atom is 0.338 e. The van der Waals surface area contributed by atoms with E-state index in [0.717, 1.165) is 16.7 Å². The van der Waals surface area contributed by atoms with Crippen LogP contribution in [0.15, 0.2) is 24.3 Å². The second-order valence-corrected chi connectivity index (χ2v) is 5.46. The first-order valence-electron chi connectivity index (χ1n) is 7.01. The van der Waals surface area contributed by atoms with Gasteiger partial charge in [0.25, 0.3) is 11.8 Å². The van der Waals surface area contributed by atoms with Crippen molar-refractivity contribution >= 4 is 29.3 Å². The van der Waals surface area contributed by atoms with Gasteiger partial charge in [0.05, 0.1) is 17.3 Å². The van der Waals surface area contributed by atoms with Crippen molar-refractivity contribution in [3.05, 3.63) is 29.8 Å². The molecule has 1 aromatic carbocycles.